The fourth-order valence-electron chi connectivity index (χ4n) is 1.61. The number of hydrogen-bond acceptors (Lipinski definition) is 4. The SMILES string of the molecule is CC(C)CN(CCC#N)CC(=O)N(C)CCC#N. The highest BCUT2D eigenvalue weighted by Crippen LogP contribution is 2.01. The topological polar surface area (TPSA) is 71.1 Å². The number of nitrogens with zero attached hydrogens (tertiary/aromatic N) is 4. The highest BCUT2D eigenvalue weighted by atomic mass is 16.2. The Morgan fingerprint density at radius 3 is 2.22 bits per heavy atom. The molecular formula is C13H22N4O. The zero-order valence-corrected chi connectivity index (χ0v) is 11.5. The summed E-state index contributed by atoms with van der Waals surface area (Å²) in [4.78, 5) is 15.5. The maximum Gasteiger partial charge on any atom is 0.236 e. The van der Waals surface area contributed by atoms with Crippen molar-refractivity contribution in [3.63, 3.8) is 0 Å². The molecule has 0 heterocycles. The van der Waals surface area contributed by atoms with Gasteiger partial charge in [0.25, 0.3) is 0 Å². The first-order valence-corrected chi connectivity index (χ1v) is 6.21. The number of likely N-dealkylation sites (N-methyl/N-ethyl adjacent to an activating group) is 1. The fraction of sp³-hybridized carbons (Fsp3) is 0.769. The van der Waals surface area contributed by atoms with E-state index < -0.39 is 0 Å². The first-order chi connectivity index (χ1) is 8.51. The van der Waals surface area contributed by atoms with Gasteiger partial charge in [-0.15, -0.1) is 0 Å². The Labute approximate surface area is 110 Å². The van der Waals surface area contributed by atoms with Crippen LogP contribution in [0.4, 0.5) is 0 Å². The molecule has 0 fully saturated rings. The number of rotatable bonds is 8. The molecule has 0 aliphatic carbocycles. The van der Waals surface area contributed by atoms with Crippen molar-refractivity contribution in [2.75, 3.05) is 33.2 Å². The molecule has 0 saturated carbocycles. The van der Waals surface area contributed by atoms with E-state index in [2.05, 4.69) is 19.9 Å². The van der Waals surface area contributed by atoms with Gasteiger partial charge >= 0.3 is 0 Å². The summed E-state index contributed by atoms with van der Waals surface area (Å²) in [6.07, 6.45) is 0.784. The fourth-order valence-corrected chi connectivity index (χ4v) is 1.61. The van der Waals surface area contributed by atoms with Gasteiger partial charge in [-0.25, -0.2) is 0 Å². The third-order valence-electron chi connectivity index (χ3n) is 2.51. The largest absolute Gasteiger partial charge is 0.344 e. The van der Waals surface area contributed by atoms with E-state index in [1.54, 1.807) is 11.9 Å². The average molecular weight is 250 g/mol. The summed E-state index contributed by atoms with van der Waals surface area (Å²) in [7, 11) is 1.71. The van der Waals surface area contributed by atoms with Crippen LogP contribution in [-0.4, -0.2) is 48.9 Å². The smallest absolute Gasteiger partial charge is 0.236 e. The minimum atomic E-state index is 0.00356. The highest BCUT2D eigenvalue weighted by molar-refractivity contribution is 5.78. The molecule has 5 heteroatoms. The van der Waals surface area contributed by atoms with E-state index in [9.17, 15) is 4.79 Å². The van der Waals surface area contributed by atoms with Gasteiger partial charge in [0.15, 0.2) is 0 Å². The number of hydrogen-bond donors (Lipinski definition) is 0. The quantitative estimate of drug-likeness (QED) is 0.649. The molecular weight excluding hydrogens is 228 g/mol. The van der Waals surface area contributed by atoms with E-state index >= 15 is 0 Å². The summed E-state index contributed by atoms with van der Waals surface area (Å²) in [5, 5.41) is 17.1. The Morgan fingerprint density at radius 2 is 1.72 bits per heavy atom. The van der Waals surface area contributed by atoms with Crippen LogP contribution in [0.1, 0.15) is 26.7 Å². The van der Waals surface area contributed by atoms with Gasteiger partial charge in [0.1, 0.15) is 0 Å². The molecule has 0 unspecified atom stereocenters. The number of nitriles is 2. The van der Waals surface area contributed by atoms with Gasteiger partial charge in [0, 0.05) is 33.1 Å². The summed E-state index contributed by atoms with van der Waals surface area (Å²) in [5.74, 6) is 0.463. The van der Waals surface area contributed by atoms with Gasteiger partial charge in [0.2, 0.25) is 5.91 Å². The first kappa shape index (κ1) is 16.4. The predicted octanol–water partition coefficient (Wildman–Crippen LogP) is 1.23. The van der Waals surface area contributed by atoms with Crippen molar-refractivity contribution in [3.8, 4) is 12.1 Å². The molecule has 0 aromatic rings. The summed E-state index contributed by atoms with van der Waals surface area (Å²) in [6, 6.07) is 4.12. The van der Waals surface area contributed by atoms with Crippen molar-refractivity contribution in [1.82, 2.24) is 9.80 Å². The van der Waals surface area contributed by atoms with Crippen molar-refractivity contribution < 1.29 is 4.79 Å². The van der Waals surface area contributed by atoms with Crippen LogP contribution in [0.25, 0.3) is 0 Å². The van der Waals surface area contributed by atoms with Crippen molar-refractivity contribution >= 4 is 5.91 Å². The molecule has 18 heavy (non-hydrogen) atoms. The second-order valence-electron chi connectivity index (χ2n) is 4.76. The Balaban J connectivity index is 4.25. The van der Waals surface area contributed by atoms with Crippen molar-refractivity contribution in [2.45, 2.75) is 26.7 Å². The van der Waals surface area contributed by atoms with Crippen LogP contribution >= 0.6 is 0 Å². The summed E-state index contributed by atoms with van der Waals surface area (Å²) >= 11 is 0. The zero-order chi connectivity index (χ0) is 14.0. The molecule has 0 aromatic heterocycles. The van der Waals surface area contributed by atoms with E-state index in [1.165, 1.54) is 0 Å². The normalized spacial score (nSPS) is 10.2. The summed E-state index contributed by atoms with van der Waals surface area (Å²) in [5.41, 5.74) is 0. The van der Waals surface area contributed by atoms with E-state index in [0.29, 0.717) is 38.4 Å². The average Bonchev–Trinajstić information content (AvgIpc) is 2.32. The lowest BCUT2D eigenvalue weighted by atomic mass is 10.2. The predicted molar refractivity (Wildman–Crippen MR) is 69.4 cm³/mol. The molecule has 0 aliphatic rings. The molecule has 100 valence electrons. The van der Waals surface area contributed by atoms with E-state index in [1.807, 2.05) is 11.0 Å². The van der Waals surface area contributed by atoms with Crippen LogP contribution in [0.5, 0.6) is 0 Å². The molecule has 0 bridgehead atoms. The standard InChI is InChI=1S/C13H22N4O/c1-12(2)10-17(9-5-7-15)11-13(18)16(3)8-4-6-14/h12H,4-5,8-11H2,1-3H3. The van der Waals surface area contributed by atoms with Crippen LogP contribution in [0.2, 0.25) is 0 Å². The van der Waals surface area contributed by atoms with Crippen LogP contribution in [0, 0.1) is 28.6 Å². The number of carbonyl (C=O) groups is 1. The molecule has 0 rings (SSSR count). The summed E-state index contributed by atoms with van der Waals surface area (Å²) < 4.78 is 0. The Hall–Kier alpha value is -1.59. The third-order valence-corrected chi connectivity index (χ3v) is 2.51. The number of amides is 1. The Morgan fingerprint density at radius 1 is 1.17 bits per heavy atom. The van der Waals surface area contributed by atoms with Gasteiger partial charge in [-0.05, 0) is 5.92 Å². The van der Waals surface area contributed by atoms with Crippen LogP contribution in [-0.2, 0) is 4.79 Å². The molecule has 5 nitrogen and oxygen atoms in total. The lowest BCUT2D eigenvalue weighted by Crippen LogP contribution is -2.40. The van der Waals surface area contributed by atoms with Crippen LogP contribution in [0.3, 0.4) is 0 Å². The second kappa shape index (κ2) is 9.44. The lowest BCUT2D eigenvalue weighted by Gasteiger charge is -2.25. The second-order valence-corrected chi connectivity index (χ2v) is 4.76. The van der Waals surface area contributed by atoms with Crippen molar-refractivity contribution in [1.29, 1.82) is 10.5 Å². The van der Waals surface area contributed by atoms with Gasteiger partial charge < -0.3 is 4.90 Å². The Kier molecular flexibility index (Phi) is 8.61. The molecule has 0 saturated heterocycles. The van der Waals surface area contributed by atoms with E-state index in [0.717, 1.165) is 6.54 Å². The molecule has 1 amide bonds. The van der Waals surface area contributed by atoms with Gasteiger partial charge in [-0.1, -0.05) is 13.8 Å². The minimum Gasteiger partial charge on any atom is -0.344 e. The first-order valence-electron chi connectivity index (χ1n) is 6.21. The van der Waals surface area contributed by atoms with Crippen LogP contribution in [0.15, 0.2) is 0 Å². The van der Waals surface area contributed by atoms with Gasteiger partial charge in [-0.2, -0.15) is 10.5 Å². The molecule has 0 radical (unpaired) electrons. The maximum absolute atomic E-state index is 11.9. The summed E-state index contributed by atoms with van der Waals surface area (Å²) in [6.45, 7) is 6.38. The molecule has 0 spiro atoms. The third kappa shape index (κ3) is 7.65. The zero-order valence-electron chi connectivity index (χ0n) is 11.5. The number of carbonyl (C=O) groups excluding carboxylic acids is 1. The Bertz CT molecular complexity index is 327. The van der Waals surface area contributed by atoms with E-state index in [-0.39, 0.29) is 5.91 Å². The molecule has 0 atom stereocenters. The van der Waals surface area contributed by atoms with E-state index in [4.69, 9.17) is 10.5 Å². The monoisotopic (exact) mass is 250 g/mol. The lowest BCUT2D eigenvalue weighted by molar-refractivity contribution is -0.131. The van der Waals surface area contributed by atoms with Crippen molar-refractivity contribution in [2.24, 2.45) is 5.92 Å². The maximum atomic E-state index is 11.9. The van der Waals surface area contributed by atoms with Crippen molar-refractivity contribution in [3.05, 3.63) is 0 Å². The van der Waals surface area contributed by atoms with Crippen LogP contribution < -0.4 is 0 Å². The molecule has 0 aromatic carbocycles. The van der Waals surface area contributed by atoms with Gasteiger partial charge in [0.05, 0.1) is 25.1 Å². The molecule has 0 N–H and O–H groups in total. The highest BCUT2D eigenvalue weighted by Gasteiger charge is 2.15. The molecule has 0 aliphatic heterocycles. The minimum absolute atomic E-state index is 0.00356. The van der Waals surface area contributed by atoms with Gasteiger partial charge in [-0.3, -0.25) is 9.69 Å².